The third kappa shape index (κ3) is 4.95. The van der Waals surface area contributed by atoms with Crippen LogP contribution in [-0.2, 0) is 25.6 Å². The summed E-state index contributed by atoms with van der Waals surface area (Å²) in [5.74, 6) is -0.529. The first-order valence-electron chi connectivity index (χ1n) is 9.02. The number of methoxy groups -OCH3 is 1. The number of aliphatic hydroxyl groups excluding tert-OH is 2. The molecule has 0 saturated carbocycles. The zero-order valence-electron chi connectivity index (χ0n) is 15.5. The van der Waals surface area contributed by atoms with Crippen molar-refractivity contribution in [3.8, 4) is 0 Å². The van der Waals surface area contributed by atoms with Crippen LogP contribution in [0.4, 0.5) is 0 Å². The monoisotopic (exact) mass is 388 g/mol. The number of hydrogen-bond donors (Lipinski definition) is 2. The van der Waals surface area contributed by atoms with Gasteiger partial charge in [0.1, 0.15) is 31.0 Å². The molecular weight excluding hydrogens is 364 g/mol. The van der Waals surface area contributed by atoms with Gasteiger partial charge in [0.05, 0.1) is 12.2 Å². The zero-order chi connectivity index (χ0) is 19.9. The Kier molecular flexibility index (Phi) is 7.13. The summed E-state index contributed by atoms with van der Waals surface area (Å²) in [6.07, 6.45) is -5.26. The molecule has 1 heterocycles. The highest BCUT2D eigenvalue weighted by atomic mass is 16.7. The van der Waals surface area contributed by atoms with Gasteiger partial charge in [0.2, 0.25) is 0 Å². The van der Waals surface area contributed by atoms with E-state index in [2.05, 4.69) is 0 Å². The number of ether oxygens (including phenoxy) is 4. The van der Waals surface area contributed by atoms with Crippen molar-refractivity contribution in [2.45, 2.75) is 37.3 Å². The summed E-state index contributed by atoms with van der Waals surface area (Å²) in [5.41, 5.74) is 1.29. The van der Waals surface area contributed by atoms with Crippen LogP contribution in [-0.4, -0.2) is 60.6 Å². The molecule has 0 amide bonds. The summed E-state index contributed by atoms with van der Waals surface area (Å²) < 4.78 is 21.7. The van der Waals surface area contributed by atoms with Crippen molar-refractivity contribution in [1.82, 2.24) is 0 Å². The lowest BCUT2D eigenvalue weighted by atomic mass is 9.99. The maximum Gasteiger partial charge on any atom is 0.338 e. The van der Waals surface area contributed by atoms with E-state index in [0.29, 0.717) is 5.56 Å². The Morgan fingerprint density at radius 1 is 1.00 bits per heavy atom. The van der Waals surface area contributed by atoms with E-state index in [1.165, 1.54) is 7.11 Å². The van der Waals surface area contributed by atoms with E-state index in [1.807, 2.05) is 30.3 Å². The van der Waals surface area contributed by atoms with Gasteiger partial charge in [-0.05, 0) is 17.7 Å². The van der Waals surface area contributed by atoms with Gasteiger partial charge < -0.3 is 29.2 Å². The van der Waals surface area contributed by atoms with Crippen LogP contribution in [0.2, 0.25) is 0 Å². The standard InChI is InChI=1S/C21H24O7/c1-25-21-18(23)19(26-12-14-8-4-2-5-9-14)17(22)16(28-21)13-27-20(24)15-10-6-3-7-11-15/h2-11,16-19,21-23H,12-13H2,1H3/t16-,17-,18+,19+,21+/m1/s1. The molecule has 1 aliphatic heterocycles. The molecule has 2 N–H and O–H groups in total. The van der Waals surface area contributed by atoms with Crippen LogP contribution in [0.1, 0.15) is 15.9 Å². The fourth-order valence-electron chi connectivity index (χ4n) is 3.01. The van der Waals surface area contributed by atoms with Crippen molar-refractivity contribution >= 4 is 5.97 Å². The van der Waals surface area contributed by atoms with Crippen LogP contribution >= 0.6 is 0 Å². The summed E-state index contributed by atoms with van der Waals surface area (Å²) in [6.45, 7) is -0.000739. The average Bonchev–Trinajstić information content (AvgIpc) is 2.74. The number of benzene rings is 2. The van der Waals surface area contributed by atoms with Crippen molar-refractivity contribution in [2.24, 2.45) is 0 Å². The summed E-state index contributed by atoms with van der Waals surface area (Å²) in [7, 11) is 1.38. The van der Waals surface area contributed by atoms with Gasteiger partial charge in [-0.1, -0.05) is 48.5 Å². The minimum atomic E-state index is -1.20. The summed E-state index contributed by atoms with van der Waals surface area (Å²) in [6, 6.07) is 17.9. The van der Waals surface area contributed by atoms with Crippen LogP contribution in [0.5, 0.6) is 0 Å². The number of rotatable bonds is 7. The smallest absolute Gasteiger partial charge is 0.338 e. The normalized spacial score (nSPS) is 27.3. The average molecular weight is 388 g/mol. The molecular formula is C21H24O7. The highest BCUT2D eigenvalue weighted by molar-refractivity contribution is 5.89. The molecule has 7 nitrogen and oxygen atoms in total. The topological polar surface area (TPSA) is 94.5 Å². The third-order valence-corrected chi connectivity index (χ3v) is 4.55. The van der Waals surface area contributed by atoms with Crippen molar-refractivity contribution in [3.63, 3.8) is 0 Å². The second-order valence-electron chi connectivity index (χ2n) is 6.49. The van der Waals surface area contributed by atoms with E-state index in [0.717, 1.165) is 5.56 Å². The molecule has 0 bridgehead atoms. The van der Waals surface area contributed by atoms with Gasteiger partial charge in [0.15, 0.2) is 6.29 Å². The van der Waals surface area contributed by atoms with E-state index < -0.39 is 36.7 Å². The van der Waals surface area contributed by atoms with Crippen LogP contribution in [0.3, 0.4) is 0 Å². The minimum Gasteiger partial charge on any atom is -0.459 e. The third-order valence-electron chi connectivity index (χ3n) is 4.55. The molecule has 3 rings (SSSR count). The Balaban J connectivity index is 1.63. The number of hydrogen-bond acceptors (Lipinski definition) is 7. The second-order valence-corrected chi connectivity index (χ2v) is 6.49. The number of carbonyl (C=O) groups is 1. The van der Waals surface area contributed by atoms with Crippen LogP contribution in [0, 0.1) is 0 Å². The molecule has 5 atom stereocenters. The summed E-state index contributed by atoms with van der Waals surface area (Å²) in [5, 5.41) is 21.0. The SMILES string of the molecule is CO[C@H]1O[C@H](COC(=O)c2ccccc2)[C@@H](O)[C@H](OCc2ccccc2)[C@@H]1O. The molecule has 1 fully saturated rings. The molecule has 0 aromatic heterocycles. The molecule has 0 unspecified atom stereocenters. The molecule has 7 heteroatoms. The quantitative estimate of drug-likeness (QED) is 0.695. The Morgan fingerprint density at radius 2 is 1.64 bits per heavy atom. The molecule has 1 aliphatic rings. The second kappa shape index (κ2) is 9.77. The Morgan fingerprint density at radius 3 is 2.29 bits per heavy atom. The first kappa shape index (κ1) is 20.4. The zero-order valence-corrected chi connectivity index (χ0v) is 15.5. The maximum absolute atomic E-state index is 12.1. The van der Waals surface area contributed by atoms with Gasteiger partial charge in [0, 0.05) is 7.11 Å². The molecule has 0 spiro atoms. The first-order valence-corrected chi connectivity index (χ1v) is 9.02. The molecule has 150 valence electrons. The maximum atomic E-state index is 12.1. The summed E-state index contributed by atoms with van der Waals surface area (Å²) in [4.78, 5) is 12.1. The van der Waals surface area contributed by atoms with Crippen LogP contribution < -0.4 is 0 Å². The van der Waals surface area contributed by atoms with Crippen LogP contribution in [0.25, 0.3) is 0 Å². The number of esters is 1. The van der Waals surface area contributed by atoms with Gasteiger partial charge in [0.25, 0.3) is 0 Å². The van der Waals surface area contributed by atoms with E-state index >= 15 is 0 Å². The van der Waals surface area contributed by atoms with Gasteiger partial charge in [-0.25, -0.2) is 4.79 Å². The Labute approximate surface area is 163 Å². The van der Waals surface area contributed by atoms with E-state index in [-0.39, 0.29) is 13.2 Å². The molecule has 2 aromatic rings. The van der Waals surface area contributed by atoms with Gasteiger partial charge in [-0.15, -0.1) is 0 Å². The largest absolute Gasteiger partial charge is 0.459 e. The van der Waals surface area contributed by atoms with Crippen molar-refractivity contribution in [2.75, 3.05) is 13.7 Å². The Hall–Kier alpha value is -2.29. The lowest BCUT2D eigenvalue weighted by molar-refractivity contribution is -0.302. The predicted octanol–water partition coefficient (Wildman–Crippen LogP) is 1.52. The Bertz CT molecular complexity index is 737. The van der Waals surface area contributed by atoms with Gasteiger partial charge in [-0.2, -0.15) is 0 Å². The van der Waals surface area contributed by atoms with E-state index in [4.69, 9.17) is 18.9 Å². The fraction of sp³-hybridized carbons (Fsp3) is 0.381. The lowest BCUT2D eigenvalue weighted by Gasteiger charge is -2.41. The molecule has 0 aliphatic carbocycles. The highest BCUT2D eigenvalue weighted by Crippen LogP contribution is 2.25. The lowest BCUT2D eigenvalue weighted by Crippen LogP contribution is -2.60. The molecule has 1 saturated heterocycles. The van der Waals surface area contributed by atoms with E-state index in [1.54, 1.807) is 30.3 Å². The predicted molar refractivity (Wildman–Crippen MR) is 99.4 cm³/mol. The fourth-order valence-corrected chi connectivity index (χ4v) is 3.01. The highest BCUT2D eigenvalue weighted by Gasteiger charge is 2.46. The number of aliphatic hydroxyl groups is 2. The van der Waals surface area contributed by atoms with E-state index in [9.17, 15) is 15.0 Å². The molecule has 0 radical (unpaired) electrons. The minimum absolute atomic E-state index is 0.201. The van der Waals surface area contributed by atoms with Crippen molar-refractivity contribution < 1.29 is 34.0 Å². The first-order chi connectivity index (χ1) is 13.6. The van der Waals surface area contributed by atoms with Gasteiger partial charge in [-0.3, -0.25) is 0 Å². The molecule has 2 aromatic carbocycles. The van der Waals surface area contributed by atoms with Crippen molar-refractivity contribution in [1.29, 1.82) is 0 Å². The number of carbonyl (C=O) groups excluding carboxylic acids is 1. The summed E-state index contributed by atoms with van der Waals surface area (Å²) >= 11 is 0. The van der Waals surface area contributed by atoms with Crippen molar-refractivity contribution in [3.05, 3.63) is 71.8 Å². The van der Waals surface area contributed by atoms with Gasteiger partial charge >= 0.3 is 5.97 Å². The molecule has 28 heavy (non-hydrogen) atoms. The van der Waals surface area contributed by atoms with Crippen LogP contribution in [0.15, 0.2) is 60.7 Å².